The third-order valence-electron chi connectivity index (χ3n) is 3.10. The Kier molecular flexibility index (Phi) is 4.22. The average molecular weight is 259 g/mol. The van der Waals surface area contributed by atoms with Crippen LogP contribution in [0.25, 0.3) is 11.3 Å². The molecule has 4 heteroatoms. The Morgan fingerprint density at radius 2 is 1.95 bits per heavy atom. The van der Waals surface area contributed by atoms with E-state index in [1.807, 2.05) is 24.3 Å². The molecule has 2 rings (SSSR count). The van der Waals surface area contributed by atoms with Crippen LogP contribution in [-0.2, 0) is 6.42 Å². The Labute approximate surface area is 114 Å². The quantitative estimate of drug-likeness (QED) is 0.867. The third-order valence-corrected chi connectivity index (χ3v) is 3.10. The van der Waals surface area contributed by atoms with Crippen molar-refractivity contribution in [3.63, 3.8) is 0 Å². The lowest BCUT2D eigenvalue weighted by Crippen LogP contribution is -2.04. The summed E-state index contributed by atoms with van der Waals surface area (Å²) in [5.41, 5.74) is 8.87. The Hall–Kier alpha value is -1.81. The highest BCUT2D eigenvalue weighted by Gasteiger charge is 2.13. The molecule has 0 radical (unpaired) electrons. The largest absolute Gasteiger partial charge is 0.497 e. The molecular weight excluding hydrogens is 238 g/mol. The number of aromatic amines is 1. The molecule has 0 fully saturated rings. The normalized spacial score (nSPS) is 11.0. The molecule has 0 amide bonds. The number of nitrogens with one attached hydrogen (secondary N) is 1. The van der Waals surface area contributed by atoms with Gasteiger partial charge in [-0.25, -0.2) is 4.98 Å². The number of hydrogen-bond donors (Lipinski definition) is 2. The number of imidazole rings is 1. The van der Waals surface area contributed by atoms with Crippen LogP contribution in [0.15, 0.2) is 24.3 Å². The molecule has 3 N–H and O–H groups in total. The first kappa shape index (κ1) is 13.6. The monoisotopic (exact) mass is 259 g/mol. The zero-order chi connectivity index (χ0) is 13.8. The fourth-order valence-electron chi connectivity index (χ4n) is 2.02. The van der Waals surface area contributed by atoms with E-state index in [9.17, 15) is 0 Å². The van der Waals surface area contributed by atoms with Crippen LogP contribution >= 0.6 is 0 Å². The van der Waals surface area contributed by atoms with Gasteiger partial charge in [-0.3, -0.25) is 0 Å². The molecule has 0 saturated heterocycles. The highest BCUT2D eigenvalue weighted by Crippen LogP contribution is 2.26. The van der Waals surface area contributed by atoms with Gasteiger partial charge < -0.3 is 15.5 Å². The molecule has 19 heavy (non-hydrogen) atoms. The summed E-state index contributed by atoms with van der Waals surface area (Å²) in [5, 5.41) is 0. The fraction of sp³-hybridized carbons (Fsp3) is 0.400. The first-order chi connectivity index (χ1) is 9.15. The summed E-state index contributed by atoms with van der Waals surface area (Å²) in [4.78, 5) is 8.09. The predicted octanol–water partition coefficient (Wildman–Crippen LogP) is 2.71. The summed E-state index contributed by atoms with van der Waals surface area (Å²) in [6, 6.07) is 7.95. The summed E-state index contributed by atoms with van der Waals surface area (Å²) in [7, 11) is 1.67. The van der Waals surface area contributed by atoms with E-state index in [-0.39, 0.29) is 0 Å². The van der Waals surface area contributed by atoms with Crippen LogP contribution in [0.1, 0.15) is 31.3 Å². The molecule has 1 aromatic heterocycles. The minimum atomic E-state index is 0.378. The van der Waals surface area contributed by atoms with Gasteiger partial charge in [0.1, 0.15) is 11.6 Å². The molecule has 0 aliphatic heterocycles. The van der Waals surface area contributed by atoms with Gasteiger partial charge in [-0.05, 0) is 30.8 Å². The van der Waals surface area contributed by atoms with Gasteiger partial charge in [-0.15, -0.1) is 0 Å². The van der Waals surface area contributed by atoms with Gasteiger partial charge in [-0.1, -0.05) is 13.8 Å². The molecule has 0 aliphatic carbocycles. The molecule has 0 atom stereocenters. The predicted molar refractivity (Wildman–Crippen MR) is 77.4 cm³/mol. The third kappa shape index (κ3) is 2.96. The lowest BCUT2D eigenvalue weighted by atomic mass is 10.1. The number of hydrogen-bond acceptors (Lipinski definition) is 3. The van der Waals surface area contributed by atoms with Crippen LogP contribution < -0.4 is 10.5 Å². The van der Waals surface area contributed by atoms with E-state index < -0.39 is 0 Å². The molecule has 1 heterocycles. The topological polar surface area (TPSA) is 63.9 Å². The lowest BCUT2D eigenvalue weighted by molar-refractivity contribution is 0.415. The molecule has 1 aromatic carbocycles. The van der Waals surface area contributed by atoms with Crippen molar-refractivity contribution in [2.45, 2.75) is 26.2 Å². The van der Waals surface area contributed by atoms with E-state index in [0.29, 0.717) is 12.5 Å². The molecule has 0 bridgehead atoms. The second kappa shape index (κ2) is 5.89. The van der Waals surface area contributed by atoms with Crippen molar-refractivity contribution >= 4 is 0 Å². The molecule has 4 nitrogen and oxygen atoms in total. The van der Waals surface area contributed by atoms with Crippen LogP contribution in [0.2, 0.25) is 0 Å². The van der Waals surface area contributed by atoms with Gasteiger partial charge in [0.2, 0.25) is 0 Å². The van der Waals surface area contributed by atoms with Crippen molar-refractivity contribution in [1.29, 1.82) is 0 Å². The van der Waals surface area contributed by atoms with E-state index in [2.05, 4.69) is 18.8 Å². The van der Waals surface area contributed by atoms with Gasteiger partial charge in [0.05, 0.1) is 12.8 Å². The minimum Gasteiger partial charge on any atom is -0.497 e. The maximum absolute atomic E-state index is 5.67. The summed E-state index contributed by atoms with van der Waals surface area (Å²) >= 11 is 0. The maximum atomic E-state index is 5.67. The second-order valence-corrected chi connectivity index (χ2v) is 4.87. The van der Waals surface area contributed by atoms with Crippen molar-refractivity contribution in [3.05, 3.63) is 35.8 Å². The SMILES string of the molecule is COc1ccc(-c2nc(C(C)C)[nH]c2CCN)cc1. The number of nitrogens with zero attached hydrogens (tertiary/aromatic N) is 1. The number of aromatic nitrogens is 2. The van der Waals surface area contributed by atoms with Crippen LogP contribution in [0.3, 0.4) is 0 Å². The number of nitrogens with two attached hydrogens (primary N) is 1. The van der Waals surface area contributed by atoms with Gasteiger partial charge in [-0.2, -0.15) is 0 Å². The van der Waals surface area contributed by atoms with Crippen molar-refractivity contribution in [2.24, 2.45) is 5.73 Å². The molecule has 0 spiro atoms. The van der Waals surface area contributed by atoms with Gasteiger partial charge in [0.15, 0.2) is 0 Å². The standard InChI is InChI=1S/C15H21N3O/c1-10(2)15-17-13(8-9-16)14(18-15)11-4-6-12(19-3)7-5-11/h4-7,10H,8-9,16H2,1-3H3,(H,17,18). The number of rotatable bonds is 5. The minimum absolute atomic E-state index is 0.378. The van der Waals surface area contributed by atoms with Crippen molar-refractivity contribution in [1.82, 2.24) is 9.97 Å². The Bertz CT molecular complexity index is 529. The summed E-state index contributed by atoms with van der Waals surface area (Å²) in [5.74, 6) is 2.24. The zero-order valence-electron chi connectivity index (χ0n) is 11.7. The highest BCUT2D eigenvalue weighted by molar-refractivity contribution is 5.63. The van der Waals surface area contributed by atoms with E-state index in [1.54, 1.807) is 7.11 Å². The van der Waals surface area contributed by atoms with Gasteiger partial charge >= 0.3 is 0 Å². The number of ether oxygens (including phenoxy) is 1. The van der Waals surface area contributed by atoms with E-state index in [4.69, 9.17) is 15.5 Å². The van der Waals surface area contributed by atoms with Crippen LogP contribution in [0.5, 0.6) is 5.75 Å². The summed E-state index contributed by atoms with van der Waals surface area (Å²) in [6.45, 7) is 4.87. The van der Waals surface area contributed by atoms with Crippen LogP contribution in [0.4, 0.5) is 0 Å². The maximum Gasteiger partial charge on any atom is 0.118 e. The highest BCUT2D eigenvalue weighted by atomic mass is 16.5. The lowest BCUT2D eigenvalue weighted by Gasteiger charge is -2.03. The Balaban J connectivity index is 2.40. The smallest absolute Gasteiger partial charge is 0.118 e. The van der Waals surface area contributed by atoms with Crippen molar-refractivity contribution < 1.29 is 4.74 Å². The molecular formula is C15H21N3O. The number of methoxy groups -OCH3 is 1. The Morgan fingerprint density at radius 3 is 2.47 bits per heavy atom. The first-order valence-corrected chi connectivity index (χ1v) is 6.59. The van der Waals surface area contributed by atoms with E-state index >= 15 is 0 Å². The molecule has 2 aromatic rings. The number of benzene rings is 1. The van der Waals surface area contributed by atoms with Gasteiger partial charge in [0, 0.05) is 23.6 Å². The summed E-state index contributed by atoms with van der Waals surface area (Å²) in [6.07, 6.45) is 0.807. The fourth-order valence-corrected chi connectivity index (χ4v) is 2.02. The average Bonchev–Trinajstić information content (AvgIpc) is 2.84. The van der Waals surface area contributed by atoms with E-state index in [1.165, 1.54) is 0 Å². The molecule has 0 aliphatic rings. The van der Waals surface area contributed by atoms with Gasteiger partial charge in [0.25, 0.3) is 0 Å². The first-order valence-electron chi connectivity index (χ1n) is 6.59. The van der Waals surface area contributed by atoms with Crippen molar-refractivity contribution in [3.8, 4) is 17.0 Å². The number of H-pyrrole nitrogens is 1. The Morgan fingerprint density at radius 1 is 1.26 bits per heavy atom. The van der Waals surface area contributed by atoms with E-state index in [0.717, 1.165) is 34.9 Å². The van der Waals surface area contributed by atoms with Crippen LogP contribution in [-0.4, -0.2) is 23.6 Å². The molecule has 0 unspecified atom stereocenters. The van der Waals surface area contributed by atoms with Crippen LogP contribution in [0, 0.1) is 0 Å². The van der Waals surface area contributed by atoms with Crippen molar-refractivity contribution in [2.75, 3.05) is 13.7 Å². The summed E-state index contributed by atoms with van der Waals surface area (Å²) < 4.78 is 5.18. The second-order valence-electron chi connectivity index (χ2n) is 4.87. The molecule has 0 saturated carbocycles. The zero-order valence-corrected chi connectivity index (χ0v) is 11.7. The molecule has 102 valence electrons.